The van der Waals surface area contributed by atoms with Crippen LogP contribution in [0.5, 0.6) is 0 Å². The fraction of sp³-hybridized carbons (Fsp3) is 0.625. The van der Waals surface area contributed by atoms with Gasteiger partial charge in [0, 0.05) is 31.7 Å². The maximum absolute atomic E-state index is 12.4. The Labute approximate surface area is 116 Å². The molecule has 1 aliphatic heterocycles. The summed E-state index contributed by atoms with van der Waals surface area (Å²) >= 11 is 0. The van der Waals surface area contributed by atoms with Gasteiger partial charge in [-0.05, 0) is 18.4 Å². The van der Waals surface area contributed by atoms with E-state index in [9.17, 15) is 4.39 Å². The molecule has 19 heavy (non-hydrogen) atoms. The molecule has 1 aliphatic rings. The summed E-state index contributed by atoms with van der Waals surface area (Å²) < 4.78 is 12.4. The molecule has 1 aromatic carbocycles. The zero-order chi connectivity index (χ0) is 13.5. The molecule has 1 aromatic rings. The van der Waals surface area contributed by atoms with Crippen molar-refractivity contribution in [2.24, 2.45) is 0 Å². The third kappa shape index (κ3) is 4.02. The Morgan fingerprint density at radius 2 is 2.11 bits per heavy atom. The van der Waals surface area contributed by atoms with Gasteiger partial charge in [-0.3, -0.25) is 9.29 Å². The molecule has 1 N–H and O–H groups in total. The number of hydrogen-bond donors (Lipinski definition) is 1. The van der Waals surface area contributed by atoms with E-state index in [1.807, 2.05) is 6.07 Å². The first-order valence-corrected chi connectivity index (χ1v) is 7.43. The molecule has 0 saturated carbocycles. The number of nitrogens with one attached hydrogen (secondary N) is 1. The average Bonchev–Trinajstić information content (AvgIpc) is 2.47. The summed E-state index contributed by atoms with van der Waals surface area (Å²) in [4.78, 5) is 2.47. The smallest absolute Gasteiger partial charge is 0.0906 e. The van der Waals surface area contributed by atoms with Gasteiger partial charge in [-0.2, -0.15) is 0 Å². The second kappa shape index (κ2) is 7.61. The van der Waals surface area contributed by atoms with Gasteiger partial charge in [-0.15, -0.1) is 0 Å². The Morgan fingerprint density at radius 3 is 2.79 bits per heavy atom. The van der Waals surface area contributed by atoms with E-state index in [-0.39, 0.29) is 6.67 Å². The van der Waals surface area contributed by atoms with E-state index in [0.717, 1.165) is 19.6 Å². The number of benzene rings is 1. The van der Waals surface area contributed by atoms with Crippen LogP contribution in [0.3, 0.4) is 0 Å². The first kappa shape index (κ1) is 14.5. The van der Waals surface area contributed by atoms with Crippen LogP contribution in [-0.2, 0) is 0 Å². The molecule has 2 unspecified atom stereocenters. The number of piperazine rings is 1. The lowest BCUT2D eigenvalue weighted by Crippen LogP contribution is -2.52. The molecule has 2 nitrogen and oxygen atoms in total. The van der Waals surface area contributed by atoms with Crippen LogP contribution in [0.2, 0.25) is 0 Å². The van der Waals surface area contributed by atoms with Crippen LogP contribution in [0, 0.1) is 0 Å². The van der Waals surface area contributed by atoms with Crippen LogP contribution < -0.4 is 5.32 Å². The van der Waals surface area contributed by atoms with Crippen molar-refractivity contribution in [3.05, 3.63) is 35.9 Å². The van der Waals surface area contributed by atoms with E-state index < -0.39 is 0 Å². The van der Waals surface area contributed by atoms with Crippen molar-refractivity contribution in [1.29, 1.82) is 0 Å². The highest BCUT2D eigenvalue weighted by Gasteiger charge is 2.27. The van der Waals surface area contributed by atoms with Crippen molar-refractivity contribution in [3.63, 3.8) is 0 Å². The molecule has 106 valence electrons. The molecule has 2 atom stereocenters. The fourth-order valence-electron chi connectivity index (χ4n) is 2.92. The van der Waals surface area contributed by atoms with Crippen LogP contribution in [0.25, 0.3) is 0 Å². The molecule has 2 rings (SSSR count). The summed E-state index contributed by atoms with van der Waals surface area (Å²) in [5.41, 5.74) is 1.34. The predicted molar refractivity (Wildman–Crippen MR) is 78.0 cm³/mol. The minimum absolute atomic E-state index is 0.210. The zero-order valence-electron chi connectivity index (χ0n) is 11.8. The molecule has 0 aliphatic carbocycles. The normalized spacial score (nSPS) is 24.5. The van der Waals surface area contributed by atoms with E-state index in [1.54, 1.807) is 0 Å². The van der Waals surface area contributed by atoms with E-state index in [0.29, 0.717) is 18.5 Å². The first-order chi connectivity index (χ1) is 9.35. The Kier molecular flexibility index (Phi) is 5.80. The van der Waals surface area contributed by atoms with Crippen molar-refractivity contribution < 1.29 is 4.39 Å². The van der Waals surface area contributed by atoms with Crippen molar-refractivity contribution >= 4 is 0 Å². The van der Waals surface area contributed by atoms with Crippen LogP contribution in [0.4, 0.5) is 4.39 Å². The second-order valence-corrected chi connectivity index (χ2v) is 5.35. The van der Waals surface area contributed by atoms with Gasteiger partial charge in [0.15, 0.2) is 0 Å². The molecule has 1 heterocycles. The Bertz CT molecular complexity index is 355. The average molecular weight is 264 g/mol. The summed E-state index contributed by atoms with van der Waals surface area (Å²) in [6.07, 6.45) is 3.04. The molecule has 0 spiro atoms. The van der Waals surface area contributed by atoms with Gasteiger partial charge < -0.3 is 5.32 Å². The lowest BCUT2D eigenvalue weighted by Gasteiger charge is -2.40. The highest BCUT2D eigenvalue weighted by molar-refractivity contribution is 5.20. The van der Waals surface area contributed by atoms with Crippen molar-refractivity contribution in [1.82, 2.24) is 10.2 Å². The minimum atomic E-state index is -0.210. The SMILES string of the molecule is CCCC1CNC(c2ccccc2)CN1CCCF. The van der Waals surface area contributed by atoms with Crippen molar-refractivity contribution in [2.45, 2.75) is 38.3 Å². The summed E-state index contributed by atoms with van der Waals surface area (Å²) in [6.45, 7) is 4.90. The molecule has 0 radical (unpaired) electrons. The van der Waals surface area contributed by atoms with Crippen LogP contribution >= 0.6 is 0 Å². The van der Waals surface area contributed by atoms with Crippen LogP contribution in [0.1, 0.15) is 37.8 Å². The monoisotopic (exact) mass is 264 g/mol. The highest BCUT2D eigenvalue weighted by atomic mass is 19.1. The standard InChI is InChI=1S/C16H25FN2/c1-2-7-15-12-18-16(13-19(15)11-6-10-17)14-8-4-3-5-9-14/h3-5,8-9,15-16,18H,2,6-7,10-13H2,1H3. The lowest BCUT2D eigenvalue weighted by molar-refractivity contribution is 0.118. The predicted octanol–water partition coefficient (Wildman–Crippen LogP) is 3.16. The Balaban J connectivity index is 1.99. The third-order valence-electron chi connectivity index (χ3n) is 3.94. The molecule has 0 amide bonds. The summed E-state index contributed by atoms with van der Waals surface area (Å²) in [5.74, 6) is 0. The maximum Gasteiger partial charge on any atom is 0.0906 e. The van der Waals surface area contributed by atoms with Gasteiger partial charge in [0.1, 0.15) is 0 Å². The van der Waals surface area contributed by atoms with Gasteiger partial charge in [0.05, 0.1) is 6.67 Å². The largest absolute Gasteiger partial charge is 0.307 e. The summed E-state index contributed by atoms with van der Waals surface area (Å²) in [6, 6.07) is 11.5. The molecule has 1 saturated heterocycles. The Morgan fingerprint density at radius 1 is 1.32 bits per heavy atom. The van der Waals surface area contributed by atoms with Gasteiger partial charge in [0.2, 0.25) is 0 Å². The second-order valence-electron chi connectivity index (χ2n) is 5.35. The van der Waals surface area contributed by atoms with E-state index in [1.165, 1.54) is 18.4 Å². The minimum Gasteiger partial charge on any atom is -0.307 e. The molecular formula is C16H25FN2. The third-order valence-corrected chi connectivity index (χ3v) is 3.94. The number of hydrogen-bond acceptors (Lipinski definition) is 2. The van der Waals surface area contributed by atoms with E-state index in [4.69, 9.17) is 0 Å². The van der Waals surface area contributed by atoms with Gasteiger partial charge in [0.25, 0.3) is 0 Å². The number of alkyl halides is 1. The highest BCUT2D eigenvalue weighted by Crippen LogP contribution is 2.22. The maximum atomic E-state index is 12.4. The van der Waals surface area contributed by atoms with E-state index in [2.05, 4.69) is 41.4 Å². The molecular weight excluding hydrogens is 239 g/mol. The fourth-order valence-corrected chi connectivity index (χ4v) is 2.92. The number of halogens is 1. The summed E-state index contributed by atoms with van der Waals surface area (Å²) in [7, 11) is 0. The molecule has 0 aromatic heterocycles. The van der Waals surface area contributed by atoms with Crippen molar-refractivity contribution in [3.8, 4) is 0 Å². The topological polar surface area (TPSA) is 15.3 Å². The summed E-state index contributed by atoms with van der Waals surface area (Å²) in [5, 5.41) is 3.64. The van der Waals surface area contributed by atoms with Crippen LogP contribution in [0.15, 0.2) is 30.3 Å². The quantitative estimate of drug-likeness (QED) is 0.849. The number of rotatable bonds is 6. The Hall–Kier alpha value is -0.930. The van der Waals surface area contributed by atoms with Gasteiger partial charge >= 0.3 is 0 Å². The molecule has 0 bridgehead atoms. The lowest BCUT2D eigenvalue weighted by atomic mass is 9.99. The first-order valence-electron chi connectivity index (χ1n) is 7.43. The van der Waals surface area contributed by atoms with Gasteiger partial charge in [-0.25, -0.2) is 0 Å². The van der Waals surface area contributed by atoms with Gasteiger partial charge in [-0.1, -0.05) is 43.7 Å². The molecule has 1 fully saturated rings. The number of nitrogens with zero attached hydrogens (tertiary/aromatic N) is 1. The zero-order valence-corrected chi connectivity index (χ0v) is 11.8. The van der Waals surface area contributed by atoms with Crippen LogP contribution in [-0.4, -0.2) is 37.3 Å². The van der Waals surface area contributed by atoms with Crippen molar-refractivity contribution in [2.75, 3.05) is 26.3 Å². The molecule has 3 heteroatoms. The van der Waals surface area contributed by atoms with E-state index >= 15 is 0 Å².